The largest absolute Gasteiger partial charge is 0.467 e. The average molecular weight is 341 g/mol. The Morgan fingerprint density at radius 1 is 1.12 bits per heavy atom. The van der Waals surface area contributed by atoms with Crippen molar-refractivity contribution in [3.05, 3.63) is 59.5 Å². The van der Waals surface area contributed by atoms with Gasteiger partial charge in [0.15, 0.2) is 6.10 Å². The normalized spacial score (nSPS) is 22.6. The number of fused-ring (bicyclic) bond motifs is 1. The third-order valence-electron chi connectivity index (χ3n) is 4.90. The van der Waals surface area contributed by atoms with E-state index >= 15 is 0 Å². The zero-order valence-corrected chi connectivity index (χ0v) is 14.2. The molecule has 3 heterocycles. The number of carbonyl (C=O) groups excluding carboxylic acids is 1. The Morgan fingerprint density at radius 3 is 2.84 bits per heavy atom. The lowest BCUT2D eigenvalue weighted by molar-refractivity contribution is -0.147. The minimum absolute atomic E-state index is 0.0148. The average Bonchev–Trinajstić information content (AvgIpc) is 3.34. The lowest BCUT2D eigenvalue weighted by Crippen LogP contribution is -2.41. The number of amides is 1. The molecule has 132 valence electrons. The first-order valence-electron chi connectivity index (χ1n) is 8.93. The van der Waals surface area contributed by atoms with Gasteiger partial charge in [0.25, 0.3) is 5.91 Å². The summed E-state index contributed by atoms with van der Waals surface area (Å²) in [6.07, 6.45) is 4.08. The quantitative estimate of drug-likeness (QED) is 0.838. The molecule has 0 radical (unpaired) electrons. The minimum atomic E-state index is -0.540. The fourth-order valence-corrected chi connectivity index (χ4v) is 3.62. The molecule has 0 N–H and O–H groups in total. The first-order valence-corrected chi connectivity index (χ1v) is 8.93. The fourth-order valence-electron chi connectivity index (χ4n) is 3.62. The summed E-state index contributed by atoms with van der Waals surface area (Å²) in [4.78, 5) is 15.1. The molecule has 1 aromatic heterocycles. The summed E-state index contributed by atoms with van der Waals surface area (Å²) < 4.78 is 17.1. The number of nitrogens with zero attached hydrogens (tertiary/aromatic N) is 1. The molecular weight excluding hydrogens is 318 g/mol. The van der Waals surface area contributed by atoms with Crippen LogP contribution in [0.15, 0.2) is 47.1 Å². The predicted octanol–water partition coefficient (Wildman–Crippen LogP) is 3.10. The van der Waals surface area contributed by atoms with Crippen molar-refractivity contribution in [2.75, 3.05) is 19.8 Å². The highest BCUT2D eigenvalue weighted by Crippen LogP contribution is 2.29. The van der Waals surface area contributed by atoms with Gasteiger partial charge in [-0.05, 0) is 42.5 Å². The molecule has 2 aliphatic rings. The number of hydrogen-bond acceptors (Lipinski definition) is 4. The molecule has 2 aliphatic heterocycles. The number of furan rings is 1. The Balaban J connectivity index is 1.56. The van der Waals surface area contributed by atoms with Gasteiger partial charge in [0.1, 0.15) is 5.76 Å². The maximum atomic E-state index is 13.3. The maximum Gasteiger partial charge on any atom is 0.256 e. The summed E-state index contributed by atoms with van der Waals surface area (Å²) in [5.41, 5.74) is 2.18. The van der Waals surface area contributed by atoms with E-state index in [0.717, 1.165) is 37.2 Å². The molecule has 0 spiro atoms. The SMILES string of the molecule is O=C(C1OCCc2ccccc21)N(Cc1ccco1)CC1CCCO1. The Morgan fingerprint density at radius 2 is 2.04 bits per heavy atom. The maximum absolute atomic E-state index is 13.3. The Hall–Kier alpha value is -2.11. The molecule has 5 heteroatoms. The van der Waals surface area contributed by atoms with Gasteiger partial charge in [-0.2, -0.15) is 0 Å². The van der Waals surface area contributed by atoms with Gasteiger partial charge in [0, 0.05) is 13.2 Å². The van der Waals surface area contributed by atoms with Crippen molar-refractivity contribution in [3.8, 4) is 0 Å². The van der Waals surface area contributed by atoms with Crippen LogP contribution in [-0.2, 0) is 27.2 Å². The number of ether oxygens (including phenoxy) is 2. The number of carbonyl (C=O) groups is 1. The molecule has 1 amide bonds. The molecule has 25 heavy (non-hydrogen) atoms. The van der Waals surface area contributed by atoms with Crippen molar-refractivity contribution in [2.45, 2.75) is 38.0 Å². The summed E-state index contributed by atoms with van der Waals surface area (Å²) in [5, 5.41) is 0. The van der Waals surface area contributed by atoms with Crippen LogP contribution < -0.4 is 0 Å². The monoisotopic (exact) mass is 341 g/mol. The molecule has 1 aromatic carbocycles. The Labute approximate surface area is 147 Å². The van der Waals surface area contributed by atoms with E-state index in [-0.39, 0.29) is 12.0 Å². The van der Waals surface area contributed by atoms with Crippen LogP contribution in [0.2, 0.25) is 0 Å². The van der Waals surface area contributed by atoms with Crippen molar-refractivity contribution in [1.82, 2.24) is 4.90 Å². The van der Waals surface area contributed by atoms with Crippen molar-refractivity contribution in [2.24, 2.45) is 0 Å². The zero-order valence-electron chi connectivity index (χ0n) is 14.2. The van der Waals surface area contributed by atoms with Gasteiger partial charge in [0.05, 0.1) is 25.5 Å². The van der Waals surface area contributed by atoms with Crippen LogP contribution in [0.3, 0.4) is 0 Å². The van der Waals surface area contributed by atoms with Crippen LogP contribution in [0, 0.1) is 0 Å². The molecule has 4 rings (SSSR count). The highest BCUT2D eigenvalue weighted by atomic mass is 16.5. The third-order valence-corrected chi connectivity index (χ3v) is 4.90. The van der Waals surface area contributed by atoms with E-state index in [0.29, 0.717) is 19.7 Å². The Bertz CT molecular complexity index is 706. The molecule has 5 nitrogen and oxygen atoms in total. The van der Waals surface area contributed by atoms with Gasteiger partial charge in [-0.15, -0.1) is 0 Å². The second-order valence-electron chi connectivity index (χ2n) is 6.63. The number of rotatable bonds is 5. The number of benzene rings is 1. The molecular formula is C20H23NO4. The van der Waals surface area contributed by atoms with Crippen molar-refractivity contribution >= 4 is 5.91 Å². The van der Waals surface area contributed by atoms with Crippen LogP contribution in [-0.4, -0.2) is 36.7 Å². The van der Waals surface area contributed by atoms with Gasteiger partial charge in [0.2, 0.25) is 0 Å². The van der Waals surface area contributed by atoms with Gasteiger partial charge in [-0.1, -0.05) is 24.3 Å². The van der Waals surface area contributed by atoms with Crippen molar-refractivity contribution < 1.29 is 18.7 Å². The van der Waals surface area contributed by atoms with E-state index in [2.05, 4.69) is 6.07 Å². The first kappa shape index (κ1) is 16.4. The van der Waals surface area contributed by atoms with E-state index in [1.54, 1.807) is 6.26 Å². The summed E-state index contributed by atoms with van der Waals surface area (Å²) in [6, 6.07) is 11.8. The smallest absolute Gasteiger partial charge is 0.256 e. The van der Waals surface area contributed by atoms with Crippen LogP contribution in [0.25, 0.3) is 0 Å². The lowest BCUT2D eigenvalue weighted by atomic mass is 9.96. The summed E-state index contributed by atoms with van der Waals surface area (Å²) in [7, 11) is 0. The van der Waals surface area contributed by atoms with E-state index in [1.165, 1.54) is 5.56 Å². The predicted molar refractivity (Wildman–Crippen MR) is 91.9 cm³/mol. The summed E-state index contributed by atoms with van der Waals surface area (Å²) >= 11 is 0. The topological polar surface area (TPSA) is 51.9 Å². The molecule has 0 aliphatic carbocycles. The summed E-state index contributed by atoms with van der Waals surface area (Å²) in [5.74, 6) is 0.759. The lowest BCUT2D eigenvalue weighted by Gasteiger charge is -2.31. The van der Waals surface area contributed by atoms with Gasteiger partial charge in [-0.3, -0.25) is 4.79 Å². The van der Waals surface area contributed by atoms with Gasteiger partial charge < -0.3 is 18.8 Å². The second-order valence-corrected chi connectivity index (χ2v) is 6.63. The van der Waals surface area contributed by atoms with Gasteiger partial charge in [-0.25, -0.2) is 0 Å². The molecule has 2 atom stereocenters. The van der Waals surface area contributed by atoms with Crippen LogP contribution in [0.4, 0.5) is 0 Å². The molecule has 2 aromatic rings. The van der Waals surface area contributed by atoms with Gasteiger partial charge >= 0.3 is 0 Å². The van der Waals surface area contributed by atoms with E-state index in [4.69, 9.17) is 13.9 Å². The van der Waals surface area contributed by atoms with Crippen LogP contribution >= 0.6 is 0 Å². The molecule has 1 fully saturated rings. The van der Waals surface area contributed by atoms with Crippen LogP contribution in [0.1, 0.15) is 35.8 Å². The minimum Gasteiger partial charge on any atom is -0.467 e. The standard InChI is InChI=1S/C20H23NO4/c22-20(19-18-8-2-1-5-15(18)9-12-25-19)21(13-16-6-3-10-23-16)14-17-7-4-11-24-17/h1-3,5-6,8,10,17,19H,4,7,9,11-14H2. The van der Waals surface area contributed by atoms with Crippen molar-refractivity contribution in [1.29, 1.82) is 0 Å². The second kappa shape index (κ2) is 7.42. The van der Waals surface area contributed by atoms with E-state index < -0.39 is 6.10 Å². The highest BCUT2D eigenvalue weighted by Gasteiger charge is 2.33. The first-order chi connectivity index (χ1) is 12.3. The van der Waals surface area contributed by atoms with E-state index in [1.807, 2.05) is 35.2 Å². The van der Waals surface area contributed by atoms with Crippen LogP contribution in [0.5, 0.6) is 0 Å². The third kappa shape index (κ3) is 3.62. The molecule has 0 bridgehead atoms. The summed E-state index contributed by atoms with van der Waals surface area (Å²) in [6.45, 7) is 2.35. The highest BCUT2D eigenvalue weighted by molar-refractivity contribution is 5.83. The van der Waals surface area contributed by atoms with E-state index in [9.17, 15) is 4.79 Å². The van der Waals surface area contributed by atoms with Crippen molar-refractivity contribution in [3.63, 3.8) is 0 Å². The fraction of sp³-hybridized carbons (Fsp3) is 0.450. The number of hydrogen-bond donors (Lipinski definition) is 0. The molecule has 2 unspecified atom stereocenters. The molecule has 1 saturated heterocycles. The Kier molecular flexibility index (Phi) is 4.85. The molecule has 0 saturated carbocycles. The zero-order chi connectivity index (χ0) is 17.1.